The molecular formula is C12H25NO. The van der Waals surface area contributed by atoms with E-state index in [9.17, 15) is 0 Å². The van der Waals surface area contributed by atoms with Gasteiger partial charge >= 0.3 is 0 Å². The smallest absolute Gasteiger partial charge is 0.0431 e. The third kappa shape index (κ3) is 3.58. The fourth-order valence-corrected chi connectivity index (χ4v) is 2.39. The van der Waals surface area contributed by atoms with E-state index in [1.807, 2.05) is 0 Å². The number of unbranched alkanes of at least 4 members (excludes halogenated alkanes) is 1. The van der Waals surface area contributed by atoms with Crippen molar-refractivity contribution in [2.75, 3.05) is 13.2 Å². The molecule has 1 fully saturated rings. The molecule has 3 unspecified atom stereocenters. The lowest BCUT2D eigenvalue weighted by Gasteiger charge is -2.34. The van der Waals surface area contributed by atoms with Crippen LogP contribution in [0.4, 0.5) is 0 Å². The third-order valence-electron chi connectivity index (χ3n) is 3.70. The van der Waals surface area contributed by atoms with Crippen molar-refractivity contribution in [3.63, 3.8) is 0 Å². The van der Waals surface area contributed by atoms with Crippen LogP contribution in [0.2, 0.25) is 0 Å². The molecule has 1 rings (SSSR count). The highest BCUT2D eigenvalue weighted by molar-refractivity contribution is 4.81. The first kappa shape index (κ1) is 12.0. The molecule has 0 spiro atoms. The molecule has 0 aromatic heterocycles. The number of aliphatic hydroxyl groups is 1. The first-order valence-electron chi connectivity index (χ1n) is 6.10. The Hall–Kier alpha value is -0.0800. The van der Waals surface area contributed by atoms with E-state index in [1.165, 1.54) is 19.3 Å². The number of hydrogen-bond donors (Lipinski definition) is 2. The first-order valence-corrected chi connectivity index (χ1v) is 6.10. The lowest BCUT2D eigenvalue weighted by molar-refractivity contribution is 0.204. The van der Waals surface area contributed by atoms with Gasteiger partial charge in [0.1, 0.15) is 0 Å². The highest BCUT2D eigenvalue weighted by Crippen LogP contribution is 2.29. The Morgan fingerprint density at radius 2 is 2.00 bits per heavy atom. The Balaban J connectivity index is 2.15. The molecule has 14 heavy (non-hydrogen) atoms. The van der Waals surface area contributed by atoms with Crippen molar-refractivity contribution in [3.05, 3.63) is 0 Å². The van der Waals surface area contributed by atoms with Crippen LogP contribution in [0, 0.1) is 11.8 Å². The molecular weight excluding hydrogens is 174 g/mol. The topological polar surface area (TPSA) is 32.3 Å². The number of nitrogens with one attached hydrogen (secondary N) is 1. The Morgan fingerprint density at radius 1 is 1.21 bits per heavy atom. The van der Waals surface area contributed by atoms with Gasteiger partial charge in [0.25, 0.3) is 0 Å². The van der Waals surface area contributed by atoms with E-state index in [4.69, 9.17) is 5.11 Å². The van der Waals surface area contributed by atoms with Gasteiger partial charge in [0.05, 0.1) is 0 Å². The molecule has 0 bridgehead atoms. The van der Waals surface area contributed by atoms with Crippen LogP contribution in [0.1, 0.15) is 46.0 Å². The second-order valence-electron chi connectivity index (χ2n) is 4.76. The molecule has 0 aliphatic heterocycles. The monoisotopic (exact) mass is 199 g/mol. The van der Waals surface area contributed by atoms with Crippen molar-refractivity contribution in [3.8, 4) is 0 Å². The summed E-state index contributed by atoms with van der Waals surface area (Å²) in [6.07, 6.45) is 6.15. The Morgan fingerprint density at radius 3 is 2.71 bits per heavy atom. The van der Waals surface area contributed by atoms with E-state index in [1.54, 1.807) is 0 Å². The van der Waals surface area contributed by atoms with Crippen LogP contribution in [0.15, 0.2) is 0 Å². The minimum Gasteiger partial charge on any atom is -0.396 e. The quantitative estimate of drug-likeness (QED) is 0.665. The lowest BCUT2D eigenvalue weighted by atomic mass is 9.78. The van der Waals surface area contributed by atoms with Crippen LogP contribution in [-0.4, -0.2) is 24.3 Å². The standard InChI is InChI=1S/C12H25NO/c1-10-6-5-7-12(11(10)2)13-8-3-4-9-14/h10-14H,3-9H2,1-2H3. The predicted molar refractivity (Wildman–Crippen MR) is 60.3 cm³/mol. The predicted octanol–water partition coefficient (Wildman–Crippen LogP) is 2.17. The Kier molecular flexibility index (Phi) is 5.49. The summed E-state index contributed by atoms with van der Waals surface area (Å²) in [5.41, 5.74) is 0. The van der Waals surface area contributed by atoms with Gasteiger partial charge in [-0.15, -0.1) is 0 Å². The van der Waals surface area contributed by atoms with E-state index >= 15 is 0 Å². The lowest BCUT2D eigenvalue weighted by Crippen LogP contribution is -2.41. The fraction of sp³-hybridized carbons (Fsp3) is 1.00. The second kappa shape index (κ2) is 6.41. The van der Waals surface area contributed by atoms with Crippen molar-refractivity contribution in [1.82, 2.24) is 5.32 Å². The molecule has 1 aliphatic rings. The number of aliphatic hydroxyl groups excluding tert-OH is 1. The van der Waals surface area contributed by atoms with Crippen LogP contribution in [-0.2, 0) is 0 Å². The van der Waals surface area contributed by atoms with Gasteiger partial charge in [-0.2, -0.15) is 0 Å². The van der Waals surface area contributed by atoms with Gasteiger partial charge < -0.3 is 10.4 Å². The van der Waals surface area contributed by atoms with E-state index in [0.29, 0.717) is 6.61 Å². The average Bonchev–Trinajstić information content (AvgIpc) is 2.19. The van der Waals surface area contributed by atoms with Crippen molar-refractivity contribution in [1.29, 1.82) is 0 Å². The van der Waals surface area contributed by atoms with E-state index in [2.05, 4.69) is 19.2 Å². The minimum atomic E-state index is 0.332. The zero-order chi connectivity index (χ0) is 10.4. The van der Waals surface area contributed by atoms with Gasteiger partial charge in [-0.1, -0.05) is 26.7 Å². The van der Waals surface area contributed by atoms with Gasteiger partial charge in [0.15, 0.2) is 0 Å². The van der Waals surface area contributed by atoms with Crippen molar-refractivity contribution >= 4 is 0 Å². The highest BCUT2D eigenvalue weighted by Gasteiger charge is 2.25. The summed E-state index contributed by atoms with van der Waals surface area (Å²) in [6, 6.07) is 0.720. The van der Waals surface area contributed by atoms with Crippen LogP contribution < -0.4 is 5.32 Å². The largest absolute Gasteiger partial charge is 0.396 e. The molecule has 1 aliphatic carbocycles. The third-order valence-corrected chi connectivity index (χ3v) is 3.70. The minimum absolute atomic E-state index is 0.332. The molecule has 0 saturated heterocycles. The summed E-state index contributed by atoms with van der Waals surface area (Å²) >= 11 is 0. The van der Waals surface area contributed by atoms with Crippen LogP contribution in [0.5, 0.6) is 0 Å². The van der Waals surface area contributed by atoms with E-state index < -0.39 is 0 Å². The van der Waals surface area contributed by atoms with Crippen molar-refractivity contribution < 1.29 is 5.11 Å². The molecule has 0 amide bonds. The van der Waals surface area contributed by atoms with Gasteiger partial charge in [0, 0.05) is 12.6 Å². The molecule has 2 nitrogen and oxygen atoms in total. The van der Waals surface area contributed by atoms with Crippen LogP contribution in [0.25, 0.3) is 0 Å². The van der Waals surface area contributed by atoms with Crippen molar-refractivity contribution in [2.45, 2.75) is 52.0 Å². The van der Waals surface area contributed by atoms with Crippen LogP contribution >= 0.6 is 0 Å². The number of rotatable bonds is 5. The molecule has 1 saturated carbocycles. The molecule has 84 valence electrons. The zero-order valence-electron chi connectivity index (χ0n) is 9.63. The van der Waals surface area contributed by atoms with E-state index in [0.717, 1.165) is 37.3 Å². The normalized spacial score (nSPS) is 33.2. The van der Waals surface area contributed by atoms with E-state index in [-0.39, 0.29) is 0 Å². The van der Waals surface area contributed by atoms with Crippen LogP contribution in [0.3, 0.4) is 0 Å². The molecule has 3 atom stereocenters. The summed E-state index contributed by atoms with van der Waals surface area (Å²) in [5, 5.41) is 12.3. The SMILES string of the molecule is CC1CCCC(NCCCCO)C1C. The molecule has 2 N–H and O–H groups in total. The van der Waals surface area contributed by atoms with Gasteiger partial charge in [0.2, 0.25) is 0 Å². The second-order valence-corrected chi connectivity index (χ2v) is 4.76. The maximum Gasteiger partial charge on any atom is 0.0431 e. The first-order chi connectivity index (χ1) is 6.75. The molecule has 2 heteroatoms. The number of hydrogen-bond acceptors (Lipinski definition) is 2. The Bertz CT molecular complexity index is 149. The van der Waals surface area contributed by atoms with Gasteiger partial charge in [-0.05, 0) is 37.6 Å². The maximum absolute atomic E-state index is 8.67. The van der Waals surface area contributed by atoms with Gasteiger partial charge in [-0.3, -0.25) is 0 Å². The average molecular weight is 199 g/mol. The zero-order valence-corrected chi connectivity index (χ0v) is 9.63. The Labute approximate surface area is 88.1 Å². The summed E-state index contributed by atoms with van der Waals surface area (Å²) in [5.74, 6) is 1.69. The highest BCUT2D eigenvalue weighted by atomic mass is 16.2. The molecule has 0 heterocycles. The molecule has 0 aromatic rings. The fourth-order valence-electron chi connectivity index (χ4n) is 2.39. The summed E-state index contributed by atoms with van der Waals surface area (Å²) < 4.78 is 0. The summed E-state index contributed by atoms with van der Waals surface area (Å²) in [7, 11) is 0. The van der Waals surface area contributed by atoms with Crippen molar-refractivity contribution in [2.24, 2.45) is 11.8 Å². The van der Waals surface area contributed by atoms with Gasteiger partial charge in [-0.25, -0.2) is 0 Å². The molecule has 0 radical (unpaired) electrons. The summed E-state index contributed by atoms with van der Waals surface area (Å²) in [4.78, 5) is 0. The summed E-state index contributed by atoms with van der Waals surface area (Å²) in [6.45, 7) is 6.14. The maximum atomic E-state index is 8.67. The molecule has 0 aromatic carbocycles.